The van der Waals surface area contributed by atoms with Crippen molar-refractivity contribution in [3.63, 3.8) is 0 Å². The molecule has 3 aromatic rings. The van der Waals surface area contributed by atoms with E-state index in [-0.39, 0.29) is 61.8 Å². The van der Waals surface area contributed by atoms with E-state index in [9.17, 15) is 50.0 Å². The van der Waals surface area contributed by atoms with Crippen LogP contribution in [0.2, 0.25) is 5.15 Å². The number of carbonyl (C=O) groups excluding carboxylic acids is 8. The number of cyclic esters (lactones) is 1. The molecule has 3 unspecified atom stereocenters. The summed E-state index contributed by atoms with van der Waals surface area (Å²) in [5, 5.41) is 68.0. The van der Waals surface area contributed by atoms with Crippen LogP contribution in [0, 0.1) is 34.1 Å². The summed E-state index contributed by atoms with van der Waals surface area (Å²) >= 11 is 5.99. The number of fused-ring (bicyclic) bond motifs is 1. The fraction of sp³-hybridized carbons (Fsp3) is 0.519. The highest BCUT2D eigenvalue weighted by molar-refractivity contribution is 6.30. The lowest BCUT2D eigenvalue weighted by molar-refractivity contribution is -1.06. The van der Waals surface area contributed by atoms with Crippen molar-refractivity contribution in [2.24, 2.45) is 23.7 Å². The Bertz CT molecular complexity index is 2710. The summed E-state index contributed by atoms with van der Waals surface area (Å²) in [6.45, 7) is 8.26. The zero-order valence-corrected chi connectivity index (χ0v) is 45.3. The molecule has 7 rings (SSSR count). The highest BCUT2D eigenvalue weighted by atomic mass is 35.5. The van der Waals surface area contributed by atoms with E-state index in [0.717, 1.165) is 0 Å². The molecule has 1 aromatic heterocycles. The van der Waals surface area contributed by atoms with E-state index in [4.69, 9.17) is 16.3 Å². The van der Waals surface area contributed by atoms with Crippen LogP contribution in [0.25, 0.3) is 0 Å². The Kier molecular flexibility index (Phi) is 19.9. The number of ether oxygens (including phenoxy) is 1. The van der Waals surface area contributed by atoms with Gasteiger partial charge in [0.15, 0.2) is 0 Å². The second-order valence-electron chi connectivity index (χ2n) is 21.3. The number of rotatable bonds is 17. The molecule has 2 aliphatic carbocycles. The van der Waals surface area contributed by atoms with Crippen molar-refractivity contribution in [1.82, 2.24) is 41.5 Å². The number of hydrogen-bond donors (Lipinski definition) is 11. The Labute approximate surface area is 461 Å². The van der Waals surface area contributed by atoms with Crippen molar-refractivity contribution in [3.8, 4) is 0 Å². The lowest BCUT2D eigenvalue weighted by Crippen LogP contribution is -3.06. The Hall–Kier alpha value is -6.93. The van der Waals surface area contributed by atoms with Gasteiger partial charge in [0.05, 0.1) is 0 Å². The van der Waals surface area contributed by atoms with E-state index in [1.165, 1.54) is 24.0 Å². The first-order chi connectivity index (χ1) is 37.6. The average molecular weight is 1120 g/mol. The second-order valence-corrected chi connectivity index (χ2v) is 21.6. The average Bonchev–Trinajstić information content (AvgIpc) is 4.35. The third kappa shape index (κ3) is 14.9. The number of aromatic nitrogens is 1. The van der Waals surface area contributed by atoms with Gasteiger partial charge in [0, 0.05) is 43.6 Å². The normalized spacial score (nSPS) is 29.9. The van der Waals surface area contributed by atoms with E-state index in [1.54, 1.807) is 87.5 Å². The summed E-state index contributed by atoms with van der Waals surface area (Å²) in [6, 6.07) is 7.46. The number of hydrogen-bond acceptors (Lipinski definition) is 14. The summed E-state index contributed by atoms with van der Waals surface area (Å²) in [5.74, 6) is -10.3. The van der Waals surface area contributed by atoms with Gasteiger partial charge in [-0.3, -0.25) is 33.6 Å². The van der Waals surface area contributed by atoms with Gasteiger partial charge in [-0.2, -0.15) is 4.73 Å². The van der Waals surface area contributed by atoms with Crippen molar-refractivity contribution in [3.05, 3.63) is 117 Å². The fourth-order valence-electron chi connectivity index (χ4n) is 10.5. The maximum Gasteiger partial charge on any atom is 0.329 e. The van der Waals surface area contributed by atoms with Crippen LogP contribution in [0.15, 0.2) is 84.9 Å². The molecule has 2 aromatic carbocycles. The number of amides is 7. The lowest BCUT2D eigenvalue weighted by Gasteiger charge is -2.33. The predicted octanol–water partition coefficient (Wildman–Crippen LogP) is -0.167. The second kappa shape index (κ2) is 26.4. The molecule has 2 aliphatic heterocycles. The van der Waals surface area contributed by atoms with Crippen LogP contribution in [0.5, 0.6) is 0 Å². The number of carbonyl (C=O) groups is 8. The third-order valence-electron chi connectivity index (χ3n) is 15.7. The molecule has 0 radical (unpaired) electrons. The van der Waals surface area contributed by atoms with Crippen LogP contribution in [-0.2, 0) is 44.7 Å². The first-order valence-corrected chi connectivity index (χ1v) is 27.1. The zero-order valence-electron chi connectivity index (χ0n) is 44.5. The molecule has 17 atom stereocenters. The van der Waals surface area contributed by atoms with Gasteiger partial charge < -0.3 is 57.2 Å². The van der Waals surface area contributed by atoms with Crippen LogP contribution in [0.1, 0.15) is 101 Å². The molecule has 4 aliphatic rings. The van der Waals surface area contributed by atoms with Gasteiger partial charge in [-0.25, -0.2) is 25.7 Å². The van der Waals surface area contributed by atoms with E-state index < -0.39 is 142 Å². The summed E-state index contributed by atoms with van der Waals surface area (Å²) in [7, 11) is 0. The monoisotopic (exact) mass is 1120 g/mol. The highest BCUT2D eigenvalue weighted by Gasteiger charge is 2.50. The van der Waals surface area contributed by atoms with Gasteiger partial charge in [-0.15, -0.1) is 0 Å². The fourth-order valence-corrected chi connectivity index (χ4v) is 10.7. The number of esters is 1. The molecule has 11 N–H and O–H groups in total. The number of quaternary nitrogens is 2. The van der Waals surface area contributed by atoms with Crippen LogP contribution in [0.4, 0.5) is 0 Å². The number of nitrogens with one attached hydrogen (secondary N) is 8. The molecular formula is C54H71ClN10O14. The van der Waals surface area contributed by atoms with Crippen molar-refractivity contribution < 1.29 is 69.2 Å². The van der Waals surface area contributed by atoms with Crippen molar-refractivity contribution >= 4 is 58.9 Å². The topological polar surface area (TPSA) is 342 Å². The van der Waals surface area contributed by atoms with Crippen LogP contribution in [0.3, 0.4) is 0 Å². The predicted molar refractivity (Wildman–Crippen MR) is 281 cm³/mol. The first-order valence-electron chi connectivity index (χ1n) is 26.7. The minimum atomic E-state index is -1.90. The van der Waals surface area contributed by atoms with E-state index in [1.807, 2.05) is 13.0 Å². The Morgan fingerprint density at radius 2 is 1.43 bits per heavy atom. The van der Waals surface area contributed by atoms with Gasteiger partial charge in [-0.1, -0.05) is 112 Å². The van der Waals surface area contributed by atoms with E-state index >= 15 is 14.4 Å². The quantitative estimate of drug-likeness (QED) is 0.0362. The summed E-state index contributed by atoms with van der Waals surface area (Å²) < 4.78 is 6.45. The Morgan fingerprint density at radius 3 is 2.03 bits per heavy atom. The number of allylic oxidation sites excluding steroid dienone is 1. The van der Waals surface area contributed by atoms with Gasteiger partial charge in [0.25, 0.3) is 5.91 Å². The minimum absolute atomic E-state index is 0.0142. The smallest absolute Gasteiger partial charge is 0.329 e. The molecule has 2 saturated heterocycles. The molecule has 24 nitrogen and oxygen atoms in total. The standard InChI is InChI=1S/C54H71ClN10O14/c1-6-14-32-22-42-54(73)79-30(5)46(61-49(68)38(24-35-26-41(35)65(77)78)57-50(69)39-19-20-43(55)63(39)74)52(71)60-45(29(4)33-17-12-9-13-18-33)51(70)58-37(23-34-25-40(34)64(75)76)47(66)56-36(21-31-15-10-8-11-16-31)48(67)59-44(28(3)7-2)53(72)62(42)27-32/h6,8-20,28-30,32,34-38,40-42,44-46,64-65,74-75,77H,7,21-27H2,1-5H3,(H,56,66)(H,57,69)(H,58,70)(H,59,67)(H,60,71)(H,61,68)/b14-6-/t28-,29+,30+,32-,34+,35+,36-,37+,38-,40+,41+,42-,44?,45-,46+/m0/s1. The molecule has 3 heterocycles. The number of halogens is 1. The van der Waals surface area contributed by atoms with Crippen LogP contribution < -0.4 is 42.4 Å². The van der Waals surface area contributed by atoms with Gasteiger partial charge in [-0.05, 0) is 68.2 Å². The number of benzene rings is 2. The maximum atomic E-state index is 15.2. The summed E-state index contributed by atoms with van der Waals surface area (Å²) in [5.41, 5.74) is 0.774. The first kappa shape index (κ1) is 59.7. The largest absolute Gasteiger partial charge is 0.600 e. The molecule has 0 bridgehead atoms. The van der Waals surface area contributed by atoms with Crippen molar-refractivity contribution in [2.45, 2.75) is 146 Å². The molecule has 7 amide bonds. The number of hydroxylamine groups is 4. The Balaban J connectivity index is 1.32. The Morgan fingerprint density at radius 1 is 0.823 bits per heavy atom. The van der Waals surface area contributed by atoms with Gasteiger partial charge >= 0.3 is 5.97 Å². The SMILES string of the molecule is C/C=C\[C@H]1C[C@H]2C(=O)O[C@H](C)[C@@H](NC(=O)[C@H](C[C@@H]3C[C@H]3[NH+]([O-])O)NC(=O)c3ccc(Cl)n3O)C(=O)N[C@@H]([C@H](C)c3ccccc3)C(=O)N[C@H](C[C@@H]3C[C@H]3[NH+]([O-])O)C(=O)N[C@@H](Cc3ccccc3)C(=O)NC([C@@H](C)CC)C(=O)N2C1. The van der Waals surface area contributed by atoms with Crippen LogP contribution in [-0.4, -0.2) is 140 Å². The van der Waals surface area contributed by atoms with Gasteiger partial charge in [0.2, 0.25) is 35.4 Å². The minimum Gasteiger partial charge on any atom is -0.600 e. The van der Waals surface area contributed by atoms with Crippen molar-refractivity contribution in [1.29, 1.82) is 0 Å². The maximum absolute atomic E-state index is 15.2. The lowest BCUT2D eigenvalue weighted by atomic mass is 9.91. The summed E-state index contributed by atoms with van der Waals surface area (Å²) in [6.07, 6.45) is 2.20. The molecule has 25 heteroatoms. The number of nitrogens with zero attached hydrogens (tertiary/aromatic N) is 2. The molecule has 79 heavy (non-hydrogen) atoms. The molecule has 4 fully saturated rings. The van der Waals surface area contributed by atoms with Gasteiger partial charge in [0.1, 0.15) is 71.3 Å². The molecule has 428 valence electrons. The van der Waals surface area contributed by atoms with E-state index in [0.29, 0.717) is 22.3 Å². The van der Waals surface area contributed by atoms with Crippen molar-refractivity contribution in [2.75, 3.05) is 6.54 Å². The van der Waals surface area contributed by atoms with Crippen LogP contribution >= 0.6 is 11.6 Å². The summed E-state index contributed by atoms with van der Waals surface area (Å²) in [4.78, 5) is 119. The molecular weight excluding hydrogens is 1050 g/mol. The zero-order chi connectivity index (χ0) is 57.4. The highest BCUT2D eigenvalue weighted by Crippen LogP contribution is 2.34. The van der Waals surface area contributed by atoms with E-state index in [2.05, 4.69) is 31.9 Å². The third-order valence-corrected chi connectivity index (χ3v) is 15.9. The molecule has 0 spiro atoms. The molecule has 2 saturated carbocycles.